The molecule has 0 aromatic heterocycles. The molecule has 110 valence electrons. The summed E-state index contributed by atoms with van der Waals surface area (Å²) >= 11 is 0. The normalized spacial score (nSPS) is 16.9. The number of carbonyl (C=O) groups is 1. The van der Waals surface area contributed by atoms with Gasteiger partial charge in [-0.05, 0) is 45.5 Å². The van der Waals surface area contributed by atoms with E-state index in [1.807, 2.05) is 35.2 Å². The van der Waals surface area contributed by atoms with Gasteiger partial charge in [0.2, 0.25) is 0 Å². The average molecular weight is 275 g/mol. The van der Waals surface area contributed by atoms with Crippen LogP contribution in [0.25, 0.3) is 0 Å². The van der Waals surface area contributed by atoms with Crippen molar-refractivity contribution in [3.63, 3.8) is 0 Å². The van der Waals surface area contributed by atoms with Crippen molar-refractivity contribution in [2.24, 2.45) is 0 Å². The molecule has 1 saturated heterocycles. The summed E-state index contributed by atoms with van der Waals surface area (Å²) < 4.78 is 0. The Morgan fingerprint density at radius 2 is 1.95 bits per heavy atom. The molecule has 4 heteroatoms. The Morgan fingerprint density at radius 3 is 2.55 bits per heavy atom. The van der Waals surface area contributed by atoms with Crippen molar-refractivity contribution < 1.29 is 4.79 Å². The molecule has 0 saturated carbocycles. The van der Waals surface area contributed by atoms with E-state index in [0.29, 0.717) is 12.6 Å². The van der Waals surface area contributed by atoms with Crippen molar-refractivity contribution in [2.75, 3.05) is 26.7 Å². The molecule has 2 rings (SSSR count). The molecule has 1 aromatic rings. The Bertz CT molecular complexity index is 413. The molecule has 0 spiro atoms. The minimum absolute atomic E-state index is 0.0610. The van der Waals surface area contributed by atoms with E-state index in [9.17, 15) is 4.79 Å². The molecular weight excluding hydrogens is 250 g/mol. The zero-order valence-electron chi connectivity index (χ0n) is 12.5. The molecule has 1 aromatic carbocycles. The number of amides is 2. The van der Waals surface area contributed by atoms with Crippen molar-refractivity contribution in [3.05, 3.63) is 35.9 Å². The van der Waals surface area contributed by atoms with Gasteiger partial charge in [0.1, 0.15) is 0 Å². The summed E-state index contributed by atoms with van der Waals surface area (Å²) in [4.78, 5) is 16.6. The fourth-order valence-electron chi connectivity index (χ4n) is 2.75. The molecule has 1 aliphatic rings. The maximum Gasteiger partial charge on any atom is 0.317 e. The van der Waals surface area contributed by atoms with E-state index >= 15 is 0 Å². The van der Waals surface area contributed by atoms with Gasteiger partial charge in [-0.3, -0.25) is 0 Å². The third-order valence-electron chi connectivity index (χ3n) is 4.02. The summed E-state index contributed by atoms with van der Waals surface area (Å²) in [7, 11) is 2.14. The highest BCUT2D eigenvalue weighted by atomic mass is 16.2. The minimum Gasteiger partial charge on any atom is -0.334 e. The topological polar surface area (TPSA) is 35.6 Å². The third kappa shape index (κ3) is 3.97. The monoisotopic (exact) mass is 275 g/mol. The predicted molar refractivity (Wildman–Crippen MR) is 81.6 cm³/mol. The quantitative estimate of drug-likeness (QED) is 0.915. The van der Waals surface area contributed by atoms with Gasteiger partial charge in [-0.2, -0.15) is 0 Å². The maximum absolute atomic E-state index is 12.3. The van der Waals surface area contributed by atoms with Crippen LogP contribution in [0.4, 0.5) is 4.79 Å². The number of hydrogen-bond donors (Lipinski definition) is 1. The summed E-state index contributed by atoms with van der Waals surface area (Å²) in [5.74, 6) is 0. The van der Waals surface area contributed by atoms with E-state index in [-0.39, 0.29) is 6.03 Å². The number of hydrogen-bond acceptors (Lipinski definition) is 2. The van der Waals surface area contributed by atoms with Crippen LogP contribution < -0.4 is 5.32 Å². The second-order valence-electron chi connectivity index (χ2n) is 5.46. The average Bonchev–Trinajstić information content (AvgIpc) is 2.49. The van der Waals surface area contributed by atoms with Gasteiger partial charge in [-0.25, -0.2) is 4.79 Å². The van der Waals surface area contributed by atoms with Crippen LogP contribution in [0.3, 0.4) is 0 Å². The molecule has 1 aliphatic heterocycles. The molecule has 0 bridgehead atoms. The molecule has 1 fully saturated rings. The number of rotatable bonds is 4. The number of nitrogens with one attached hydrogen (secondary N) is 1. The van der Waals surface area contributed by atoms with Crippen LogP contribution in [0, 0.1) is 0 Å². The fraction of sp³-hybridized carbons (Fsp3) is 0.562. The van der Waals surface area contributed by atoms with Crippen LogP contribution >= 0.6 is 0 Å². The lowest BCUT2D eigenvalue weighted by atomic mass is 10.0. The summed E-state index contributed by atoms with van der Waals surface area (Å²) in [5.41, 5.74) is 1.14. The molecule has 1 N–H and O–H groups in total. The Balaban J connectivity index is 1.86. The number of benzene rings is 1. The van der Waals surface area contributed by atoms with E-state index in [4.69, 9.17) is 0 Å². The smallest absolute Gasteiger partial charge is 0.317 e. The van der Waals surface area contributed by atoms with Crippen LogP contribution in [0.1, 0.15) is 25.3 Å². The summed E-state index contributed by atoms with van der Waals surface area (Å²) in [6, 6.07) is 10.5. The lowest BCUT2D eigenvalue weighted by Crippen LogP contribution is -2.49. The van der Waals surface area contributed by atoms with Crippen molar-refractivity contribution in [3.8, 4) is 0 Å². The van der Waals surface area contributed by atoms with Crippen LogP contribution in [-0.4, -0.2) is 48.6 Å². The zero-order chi connectivity index (χ0) is 14.4. The number of likely N-dealkylation sites (tertiary alicyclic amines) is 1. The van der Waals surface area contributed by atoms with Crippen LogP contribution in [0.5, 0.6) is 0 Å². The Hall–Kier alpha value is -1.55. The molecule has 4 nitrogen and oxygen atoms in total. The summed E-state index contributed by atoms with van der Waals surface area (Å²) in [5, 5.41) is 3.03. The highest BCUT2D eigenvalue weighted by Crippen LogP contribution is 2.15. The molecular formula is C16H25N3O. The Labute approximate surface area is 121 Å². The van der Waals surface area contributed by atoms with Gasteiger partial charge in [-0.1, -0.05) is 30.3 Å². The fourth-order valence-corrected chi connectivity index (χ4v) is 2.75. The first-order valence-electron chi connectivity index (χ1n) is 7.47. The lowest BCUT2D eigenvalue weighted by molar-refractivity contribution is 0.135. The van der Waals surface area contributed by atoms with Gasteiger partial charge in [0.25, 0.3) is 0 Å². The number of carbonyl (C=O) groups excluding carboxylic acids is 1. The summed E-state index contributed by atoms with van der Waals surface area (Å²) in [6.07, 6.45) is 2.15. The highest BCUT2D eigenvalue weighted by molar-refractivity contribution is 5.74. The van der Waals surface area contributed by atoms with Gasteiger partial charge in [0.05, 0.1) is 0 Å². The second kappa shape index (κ2) is 7.29. The van der Waals surface area contributed by atoms with E-state index in [0.717, 1.165) is 38.0 Å². The van der Waals surface area contributed by atoms with E-state index < -0.39 is 0 Å². The largest absolute Gasteiger partial charge is 0.334 e. The molecule has 0 radical (unpaired) electrons. The summed E-state index contributed by atoms with van der Waals surface area (Å²) in [6.45, 7) is 5.58. The van der Waals surface area contributed by atoms with Gasteiger partial charge >= 0.3 is 6.03 Å². The van der Waals surface area contributed by atoms with Gasteiger partial charge in [-0.15, -0.1) is 0 Å². The molecule has 20 heavy (non-hydrogen) atoms. The molecule has 0 atom stereocenters. The molecule has 0 aliphatic carbocycles. The van der Waals surface area contributed by atoms with Gasteiger partial charge in [0.15, 0.2) is 0 Å². The third-order valence-corrected chi connectivity index (χ3v) is 4.02. The number of nitrogens with zero attached hydrogens (tertiary/aromatic N) is 2. The highest BCUT2D eigenvalue weighted by Gasteiger charge is 2.25. The van der Waals surface area contributed by atoms with Gasteiger partial charge < -0.3 is 15.1 Å². The number of urea groups is 1. The maximum atomic E-state index is 12.3. The standard InChI is InChI=1S/C16H25N3O/c1-3-19(15-9-11-18(2)12-10-15)16(20)17-13-14-7-5-4-6-8-14/h4-8,15H,3,9-13H2,1-2H3,(H,17,20). The lowest BCUT2D eigenvalue weighted by Gasteiger charge is -2.36. The van der Waals surface area contributed by atoms with Gasteiger partial charge in [0, 0.05) is 19.1 Å². The molecule has 0 unspecified atom stereocenters. The molecule has 2 amide bonds. The Morgan fingerprint density at radius 1 is 1.30 bits per heavy atom. The molecule has 1 heterocycles. The number of piperidine rings is 1. The predicted octanol–water partition coefficient (Wildman–Crippen LogP) is 2.31. The minimum atomic E-state index is 0.0610. The van der Waals surface area contributed by atoms with E-state index in [1.54, 1.807) is 0 Å². The Kier molecular flexibility index (Phi) is 5.41. The van der Waals surface area contributed by atoms with Crippen LogP contribution in [0.15, 0.2) is 30.3 Å². The van der Waals surface area contributed by atoms with E-state index in [2.05, 4.69) is 24.2 Å². The SMILES string of the molecule is CCN(C(=O)NCc1ccccc1)C1CCN(C)CC1. The first kappa shape index (κ1) is 14.9. The van der Waals surface area contributed by atoms with E-state index in [1.165, 1.54) is 0 Å². The zero-order valence-corrected chi connectivity index (χ0v) is 12.5. The van der Waals surface area contributed by atoms with Crippen LogP contribution in [0.2, 0.25) is 0 Å². The second-order valence-corrected chi connectivity index (χ2v) is 5.46. The van der Waals surface area contributed by atoms with Crippen molar-refractivity contribution in [1.82, 2.24) is 15.1 Å². The van der Waals surface area contributed by atoms with Crippen LogP contribution in [-0.2, 0) is 6.54 Å². The van der Waals surface area contributed by atoms with Crippen molar-refractivity contribution in [2.45, 2.75) is 32.4 Å². The van der Waals surface area contributed by atoms with Crippen molar-refractivity contribution in [1.29, 1.82) is 0 Å². The first-order chi connectivity index (χ1) is 9.70. The van der Waals surface area contributed by atoms with Crippen molar-refractivity contribution >= 4 is 6.03 Å². The first-order valence-corrected chi connectivity index (χ1v) is 7.47.